The molecule has 1 aromatic carbocycles. The van der Waals surface area contributed by atoms with Crippen molar-refractivity contribution in [2.45, 2.75) is 6.17 Å². The Labute approximate surface area is 132 Å². The molecular formula is C13H12BrN5OS. The summed E-state index contributed by atoms with van der Waals surface area (Å²) < 4.78 is 1.97. The lowest BCUT2D eigenvalue weighted by atomic mass is 10.2. The van der Waals surface area contributed by atoms with Crippen molar-refractivity contribution in [3.05, 3.63) is 44.1 Å². The van der Waals surface area contributed by atoms with Crippen LogP contribution in [-0.2, 0) is 0 Å². The van der Waals surface area contributed by atoms with Gasteiger partial charge >= 0.3 is 4.87 Å². The van der Waals surface area contributed by atoms with E-state index in [1.54, 1.807) is 0 Å². The summed E-state index contributed by atoms with van der Waals surface area (Å²) in [5.74, 6) is 1.01. The summed E-state index contributed by atoms with van der Waals surface area (Å²) in [6.45, 7) is 0.678. The minimum atomic E-state index is -0.0298. The summed E-state index contributed by atoms with van der Waals surface area (Å²) in [6, 6.07) is 5.88. The first kappa shape index (κ1) is 12.9. The molecule has 108 valence electrons. The van der Waals surface area contributed by atoms with Gasteiger partial charge in [-0.1, -0.05) is 11.3 Å². The van der Waals surface area contributed by atoms with Crippen molar-refractivity contribution in [2.75, 3.05) is 17.3 Å². The Bertz CT molecular complexity index is 867. The Kier molecular flexibility index (Phi) is 3.02. The first-order valence-electron chi connectivity index (χ1n) is 6.44. The van der Waals surface area contributed by atoms with E-state index in [0.717, 1.165) is 31.8 Å². The first-order chi connectivity index (χ1) is 10.2. The third kappa shape index (κ3) is 2.25. The van der Waals surface area contributed by atoms with E-state index in [9.17, 15) is 4.79 Å². The lowest BCUT2D eigenvalue weighted by Gasteiger charge is -2.27. The highest BCUT2D eigenvalue weighted by atomic mass is 79.9. The van der Waals surface area contributed by atoms with Crippen LogP contribution in [0, 0.1) is 0 Å². The number of benzene rings is 1. The maximum atomic E-state index is 11.4. The Balaban J connectivity index is 1.68. The van der Waals surface area contributed by atoms with E-state index < -0.39 is 0 Å². The molecule has 6 nitrogen and oxygen atoms in total. The number of aromatic amines is 2. The van der Waals surface area contributed by atoms with Gasteiger partial charge in [0.25, 0.3) is 0 Å². The number of halogens is 1. The minimum Gasteiger partial charge on any atom is -0.366 e. The van der Waals surface area contributed by atoms with Crippen LogP contribution in [0.2, 0.25) is 0 Å². The van der Waals surface area contributed by atoms with Gasteiger partial charge in [0.05, 0.1) is 16.9 Å². The molecule has 5 N–H and O–H groups in total. The summed E-state index contributed by atoms with van der Waals surface area (Å²) in [4.78, 5) is 17.3. The Morgan fingerprint density at radius 3 is 3.19 bits per heavy atom. The van der Waals surface area contributed by atoms with Gasteiger partial charge in [-0.2, -0.15) is 0 Å². The molecular weight excluding hydrogens is 354 g/mol. The van der Waals surface area contributed by atoms with Crippen LogP contribution in [0.4, 0.5) is 11.5 Å². The summed E-state index contributed by atoms with van der Waals surface area (Å²) in [6.07, 6.45) is 1.91. The fourth-order valence-electron chi connectivity index (χ4n) is 2.51. The zero-order chi connectivity index (χ0) is 14.4. The van der Waals surface area contributed by atoms with Crippen molar-refractivity contribution < 1.29 is 0 Å². The number of thiazole rings is 1. The molecule has 0 radical (unpaired) electrons. The molecule has 4 rings (SSSR count). The number of nitrogens with one attached hydrogen (secondary N) is 5. The number of hydrogen-bond donors (Lipinski definition) is 5. The number of rotatable bonds is 2. The molecule has 2 aromatic heterocycles. The number of aromatic nitrogens is 2. The zero-order valence-electron chi connectivity index (χ0n) is 10.8. The van der Waals surface area contributed by atoms with Gasteiger partial charge in [-0.25, -0.2) is 0 Å². The van der Waals surface area contributed by atoms with Crippen LogP contribution in [0.5, 0.6) is 0 Å². The molecule has 0 aliphatic carbocycles. The molecule has 8 heteroatoms. The first-order valence-corrected chi connectivity index (χ1v) is 8.05. The quantitative estimate of drug-likeness (QED) is 0.483. The van der Waals surface area contributed by atoms with E-state index >= 15 is 0 Å². The molecule has 1 aliphatic heterocycles. The van der Waals surface area contributed by atoms with E-state index in [0.29, 0.717) is 6.67 Å². The van der Waals surface area contributed by atoms with E-state index in [1.165, 1.54) is 11.3 Å². The van der Waals surface area contributed by atoms with Gasteiger partial charge in [-0.15, -0.1) is 0 Å². The van der Waals surface area contributed by atoms with Crippen LogP contribution in [0.15, 0.2) is 33.7 Å². The predicted molar refractivity (Wildman–Crippen MR) is 88.9 cm³/mol. The fourth-order valence-corrected chi connectivity index (χ4v) is 3.82. The van der Waals surface area contributed by atoms with Gasteiger partial charge in [0.15, 0.2) is 0 Å². The highest BCUT2D eigenvalue weighted by Crippen LogP contribution is 2.33. The second-order valence-corrected chi connectivity index (χ2v) is 6.65. The smallest absolute Gasteiger partial charge is 0.305 e. The number of hydrogen-bond acceptors (Lipinski definition) is 5. The van der Waals surface area contributed by atoms with Gasteiger partial charge in [-0.05, 0) is 34.1 Å². The molecule has 21 heavy (non-hydrogen) atoms. The van der Waals surface area contributed by atoms with Crippen molar-refractivity contribution in [2.24, 2.45) is 0 Å². The molecule has 0 saturated heterocycles. The molecule has 3 heterocycles. The van der Waals surface area contributed by atoms with Gasteiger partial charge < -0.3 is 20.6 Å². The summed E-state index contributed by atoms with van der Waals surface area (Å²) in [5.41, 5.74) is 2.96. The average Bonchev–Trinajstić information content (AvgIpc) is 3.02. The lowest BCUT2D eigenvalue weighted by Crippen LogP contribution is -2.36. The van der Waals surface area contributed by atoms with E-state index in [-0.39, 0.29) is 11.0 Å². The highest BCUT2D eigenvalue weighted by molar-refractivity contribution is 9.10. The molecule has 0 bridgehead atoms. The van der Waals surface area contributed by atoms with Gasteiger partial charge in [-0.3, -0.25) is 10.1 Å². The maximum Gasteiger partial charge on any atom is 0.305 e. The number of H-pyrrole nitrogens is 2. The minimum absolute atomic E-state index is 0.00464. The fraction of sp³-hybridized carbons (Fsp3) is 0.154. The third-order valence-corrected chi connectivity index (χ3v) is 4.96. The predicted octanol–water partition coefficient (Wildman–Crippen LogP) is 2.76. The molecule has 1 aliphatic rings. The number of anilines is 2. The van der Waals surface area contributed by atoms with Crippen LogP contribution >= 0.6 is 27.3 Å². The maximum absolute atomic E-state index is 11.4. The Morgan fingerprint density at radius 1 is 1.38 bits per heavy atom. The van der Waals surface area contributed by atoms with Crippen molar-refractivity contribution in [3.63, 3.8) is 0 Å². The molecule has 0 amide bonds. The largest absolute Gasteiger partial charge is 0.366 e. The van der Waals surface area contributed by atoms with Crippen LogP contribution in [0.3, 0.4) is 0 Å². The van der Waals surface area contributed by atoms with Crippen molar-refractivity contribution >= 4 is 49.0 Å². The second-order valence-electron chi connectivity index (χ2n) is 4.79. The zero-order valence-corrected chi connectivity index (χ0v) is 13.2. The van der Waals surface area contributed by atoms with Crippen molar-refractivity contribution in [1.29, 1.82) is 0 Å². The topological polar surface area (TPSA) is 84.7 Å². The van der Waals surface area contributed by atoms with Crippen molar-refractivity contribution in [3.8, 4) is 0 Å². The summed E-state index contributed by atoms with van der Waals surface area (Å²) in [7, 11) is 0. The van der Waals surface area contributed by atoms with Gasteiger partial charge in [0.1, 0.15) is 12.0 Å². The molecule has 1 unspecified atom stereocenters. The Hall–Kier alpha value is -1.77. The standard InChI is InChI=1S/C13H12BrN5OS/c14-7-4-15-11-10(7)12(17-5-16-11)18-6-1-2-8-9(3-6)21-13(20)19-8/h1-4,12,15-18H,5H2,(H,19,20). The van der Waals surface area contributed by atoms with Crippen LogP contribution in [-0.4, -0.2) is 16.6 Å². The van der Waals surface area contributed by atoms with Gasteiger partial charge in [0, 0.05) is 21.9 Å². The van der Waals surface area contributed by atoms with E-state index in [4.69, 9.17) is 0 Å². The summed E-state index contributed by atoms with van der Waals surface area (Å²) in [5, 5.41) is 10.1. The average molecular weight is 366 g/mol. The van der Waals surface area contributed by atoms with Crippen LogP contribution < -0.4 is 20.8 Å². The van der Waals surface area contributed by atoms with Gasteiger partial charge in [0.2, 0.25) is 0 Å². The second kappa shape index (κ2) is 4.90. The molecule has 3 aromatic rings. The summed E-state index contributed by atoms with van der Waals surface area (Å²) >= 11 is 4.77. The van der Waals surface area contributed by atoms with Crippen molar-refractivity contribution in [1.82, 2.24) is 15.3 Å². The monoisotopic (exact) mass is 365 g/mol. The number of fused-ring (bicyclic) bond motifs is 2. The van der Waals surface area contributed by atoms with E-state index in [1.807, 2.05) is 24.4 Å². The van der Waals surface area contributed by atoms with Crippen LogP contribution in [0.1, 0.15) is 11.7 Å². The molecule has 0 fully saturated rings. The van der Waals surface area contributed by atoms with E-state index in [2.05, 4.69) is 41.8 Å². The third-order valence-electron chi connectivity index (χ3n) is 3.46. The molecule has 0 saturated carbocycles. The highest BCUT2D eigenvalue weighted by Gasteiger charge is 2.23. The Morgan fingerprint density at radius 2 is 2.29 bits per heavy atom. The SMILES string of the molecule is O=c1[nH]c2ccc(NC3NCNc4[nH]cc(Br)c43)cc2s1. The van der Waals surface area contributed by atoms with Crippen LogP contribution in [0.25, 0.3) is 10.2 Å². The molecule has 1 atom stereocenters. The molecule has 0 spiro atoms. The lowest BCUT2D eigenvalue weighted by molar-refractivity contribution is 0.594. The normalized spacial score (nSPS) is 17.5.